The summed E-state index contributed by atoms with van der Waals surface area (Å²) in [5.41, 5.74) is -0.563. The van der Waals surface area contributed by atoms with Gasteiger partial charge in [0.05, 0.1) is 28.8 Å². The second kappa shape index (κ2) is 12.4. The minimum Gasteiger partial charge on any atom is -0.355 e. The minimum absolute atomic E-state index is 0.000268. The van der Waals surface area contributed by atoms with Gasteiger partial charge >= 0.3 is 6.18 Å². The molecule has 9 nitrogen and oxygen atoms in total. The van der Waals surface area contributed by atoms with E-state index < -0.39 is 69.1 Å². The summed E-state index contributed by atoms with van der Waals surface area (Å²) in [6, 6.07) is 11.7. The van der Waals surface area contributed by atoms with Crippen molar-refractivity contribution in [1.82, 2.24) is 25.4 Å². The topological polar surface area (TPSA) is 123 Å². The number of pyridine rings is 1. The van der Waals surface area contributed by atoms with Crippen LogP contribution in [0.3, 0.4) is 0 Å². The normalized spacial score (nSPS) is 14.8. The summed E-state index contributed by atoms with van der Waals surface area (Å²) in [4.78, 5) is 30.1. The fourth-order valence-electron chi connectivity index (χ4n) is 5.30. The average Bonchev–Trinajstić information content (AvgIpc) is 3.33. The number of nitrogens with zero attached hydrogens (tertiary/aromatic N) is 3. The molecule has 3 heterocycles. The molecule has 0 aliphatic carbocycles. The van der Waals surface area contributed by atoms with Gasteiger partial charge in [0.1, 0.15) is 18.2 Å². The van der Waals surface area contributed by atoms with Crippen LogP contribution in [0.25, 0.3) is 11.1 Å². The number of halogens is 5. The van der Waals surface area contributed by atoms with Crippen molar-refractivity contribution in [2.24, 2.45) is 0 Å². The van der Waals surface area contributed by atoms with E-state index >= 15 is 0 Å². The molecule has 45 heavy (non-hydrogen) atoms. The summed E-state index contributed by atoms with van der Waals surface area (Å²) >= 11 is 0. The molecule has 0 fully saturated rings. The van der Waals surface area contributed by atoms with Gasteiger partial charge in [0, 0.05) is 36.5 Å². The maximum absolute atomic E-state index is 14.4. The molecule has 2 N–H and O–H groups in total. The number of alkyl halides is 3. The van der Waals surface area contributed by atoms with E-state index in [9.17, 15) is 40.0 Å². The number of hydrogen-bond acceptors (Lipinski definition) is 6. The van der Waals surface area contributed by atoms with E-state index in [0.717, 1.165) is 10.7 Å². The summed E-state index contributed by atoms with van der Waals surface area (Å²) in [7, 11) is -2.42. The Kier molecular flexibility index (Phi) is 8.74. The molecule has 15 heteroatoms. The summed E-state index contributed by atoms with van der Waals surface area (Å²) in [6.45, 7) is -0.669. The third-order valence-electron chi connectivity index (χ3n) is 7.32. The van der Waals surface area contributed by atoms with Crippen LogP contribution in [0.4, 0.5) is 22.0 Å². The van der Waals surface area contributed by atoms with Gasteiger partial charge in [0.2, 0.25) is 5.91 Å². The number of nitrogens with one attached hydrogen (secondary N) is 2. The fourth-order valence-corrected chi connectivity index (χ4v) is 6.69. The molecule has 5 rings (SSSR count). The van der Waals surface area contributed by atoms with Gasteiger partial charge in [0.25, 0.3) is 5.91 Å². The van der Waals surface area contributed by atoms with Crippen molar-refractivity contribution < 1.29 is 40.0 Å². The number of fused-ring (bicyclic) bond motifs is 1. The van der Waals surface area contributed by atoms with E-state index in [0.29, 0.717) is 16.7 Å². The molecule has 0 radical (unpaired) electrons. The highest BCUT2D eigenvalue weighted by atomic mass is 32.2. The first-order valence-corrected chi connectivity index (χ1v) is 15.4. The summed E-state index contributed by atoms with van der Waals surface area (Å²) in [6.07, 6.45) is -3.75. The molecule has 2 aromatic carbocycles. The molecule has 1 aliphatic heterocycles. The van der Waals surface area contributed by atoms with Gasteiger partial charge < -0.3 is 10.6 Å². The molecule has 4 aromatic rings. The van der Waals surface area contributed by atoms with Crippen molar-refractivity contribution in [2.45, 2.75) is 37.4 Å². The number of sulfone groups is 1. The van der Waals surface area contributed by atoms with Crippen LogP contribution in [0.15, 0.2) is 60.8 Å². The summed E-state index contributed by atoms with van der Waals surface area (Å²) < 4.78 is 94.9. The molecule has 0 spiro atoms. The molecular weight excluding hydrogens is 621 g/mol. The number of hydrogen-bond donors (Lipinski definition) is 2. The quantitative estimate of drug-likeness (QED) is 0.277. The van der Waals surface area contributed by atoms with E-state index in [1.807, 2.05) is 0 Å². The smallest absolute Gasteiger partial charge is 0.355 e. The van der Waals surface area contributed by atoms with E-state index in [-0.39, 0.29) is 35.5 Å². The Hall–Kier alpha value is -4.66. The lowest BCUT2D eigenvalue weighted by molar-refractivity contribution is -0.142. The van der Waals surface area contributed by atoms with Crippen molar-refractivity contribution in [3.8, 4) is 11.1 Å². The third-order valence-corrected chi connectivity index (χ3v) is 8.88. The van der Waals surface area contributed by atoms with Gasteiger partial charge in [-0.05, 0) is 47.9 Å². The molecule has 2 aromatic heterocycles. The Balaban J connectivity index is 1.52. The van der Waals surface area contributed by atoms with E-state index in [1.165, 1.54) is 43.6 Å². The van der Waals surface area contributed by atoms with E-state index in [4.69, 9.17) is 0 Å². The highest BCUT2D eigenvalue weighted by Crippen LogP contribution is 2.36. The van der Waals surface area contributed by atoms with Gasteiger partial charge in [-0.1, -0.05) is 24.3 Å². The van der Waals surface area contributed by atoms with Crippen LogP contribution in [0.1, 0.15) is 44.6 Å². The zero-order valence-corrected chi connectivity index (χ0v) is 24.5. The van der Waals surface area contributed by atoms with Gasteiger partial charge in [-0.3, -0.25) is 19.3 Å². The van der Waals surface area contributed by atoms with E-state index in [1.54, 1.807) is 18.2 Å². The molecule has 1 aliphatic rings. The second-order valence-corrected chi connectivity index (χ2v) is 12.6. The maximum Gasteiger partial charge on any atom is 0.435 e. The predicted molar refractivity (Wildman–Crippen MR) is 152 cm³/mol. The summed E-state index contributed by atoms with van der Waals surface area (Å²) in [5, 5.41) is 8.70. The lowest BCUT2D eigenvalue weighted by atomic mass is 9.94. The fraction of sp³-hybridized carbons (Fsp3) is 0.267. The van der Waals surface area contributed by atoms with Gasteiger partial charge in [-0.15, -0.1) is 0 Å². The predicted octanol–water partition coefficient (Wildman–Crippen LogP) is 4.17. The van der Waals surface area contributed by atoms with Crippen LogP contribution in [-0.4, -0.2) is 47.8 Å². The van der Waals surface area contributed by atoms with Crippen LogP contribution < -0.4 is 10.6 Å². The van der Waals surface area contributed by atoms with Crippen molar-refractivity contribution >= 4 is 21.7 Å². The monoisotopic (exact) mass is 647 g/mol. The van der Waals surface area contributed by atoms with Gasteiger partial charge in [0.15, 0.2) is 15.5 Å². The lowest BCUT2D eigenvalue weighted by Crippen LogP contribution is -2.34. The Morgan fingerprint density at radius 1 is 1.07 bits per heavy atom. The minimum atomic E-state index is -4.94. The molecule has 236 valence electrons. The zero-order chi connectivity index (χ0) is 32.5. The Morgan fingerprint density at radius 3 is 2.56 bits per heavy atom. The molecular formula is C30H26F5N5O4S. The molecule has 2 amide bonds. The third kappa shape index (κ3) is 7.03. The number of amides is 2. The molecule has 0 saturated carbocycles. The van der Waals surface area contributed by atoms with Crippen molar-refractivity contribution in [1.29, 1.82) is 0 Å². The average molecular weight is 648 g/mol. The Bertz CT molecular complexity index is 1890. The number of carbonyl (C=O) groups is 2. The SMILES string of the molecule is CNC(=O)c1cc(-c2cccnc2[C@H](Cc2cccc(F)c2)NC(=O)Cn2nc(C(F)(F)F)c3c2CCS(=O)(=O)C3)ccc1F. The lowest BCUT2D eigenvalue weighted by Gasteiger charge is -2.22. The van der Waals surface area contributed by atoms with Crippen molar-refractivity contribution in [2.75, 3.05) is 12.8 Å². The Labute approximate surface area is 254 Å². The Morgan fingerprint density at radius 2 is 1.84 bits per heavy atom. The van der Waals surface area contributed by atoms with Crippen LogP contribution in [0.2, 0.25) is 0 Å². The molecule has 1 atom stereocenters. The van der Waals surface area contributed by atoms with Crippen molar-refractivity contribution in [3.05, 3.63) is 106 Å². The van der Waals surface area contributed by atoms with Gasteiger partial charge in [-0.2, -0.15) is 18.3 Å². The molecule has 0 bridgehead atoms. The van der Waals surface area contributed by atoms with Crippen molar-refractivity contribution in [3.63, 3.8) is 0 Å². The largest absolute Gasteiger partial charge is 0.435 e. The number of benzene rings is 2. The highest BCUT2D eigenvalue weighted by molar-refractivity contribution is 7.90. The van der Waals surface area contributed by atoms with Crippen LogP contribution in [0.5, 0.6) is 0 Å². The first-order valence-electron chi connectivity index (χ1n) is 13.6. The van der Waals surface area contributed by atoms with E-state index in [2.05, 4.69) is 20.7 Å². The number of aromatic nitrogens is 3. The first-order chi connectivity index (χ1) is 21.3. The van der Waals surface area contributed by atoms with Crippen LogP contribution >= 0.6 is 0 Å². The molecule has 0 saturated heterocycles. The van der Waals surface area contributed by atoms with Gasteiger partial charge in [-0.25, -0.2) is 17.2 Å². The van der Waals surface area contributed by atoms with Crippen LogP contribution in [0, 0.1) is 11.6 Å². The first kappa shape index (κ1) is 31.8. The standard InChI is InChI=1S/C30H26F5N5O4S/c1-36-29(42)21-14-18(7-8-23(21)32)20-6-3-10-37-27(20)24(13-17-4-2-5-19(31)12-17)38-26(41)15-40-25-9-11-45(43,44)16-22(25)28(39-40)30(33,34)35/h2-8,10,12,14,24H,9,11,13,15-16H2,1H3,(H,36,42)(H,38,41)/t24-/m0/s1. The maximum atomic E-state index is 14.4. The number of carbonyl (C=O) groups excluding carboxylic acids is 2. The zero-order valence-electron chi connectivity index (χ0n) is 23.7. The second-order valence-electron chi connectivity index (χ2n) is 10.4. The molecule has 0 unspecified atom stereocenters. The van der Waals surface area contributed by atoms with Crippen LogP contribution in [-0.2, 0) is 45.9 Å². The number of rotatable bonds is 8. The summed E-state index contributed by atoms with van der Waals surface area (Å²) in [5.74, 6) is -3.97. The highest BCUT2D eigenvalue weighted by Gasteiger charge is 2.42.